The molecule has 44 heavy (non-hydrogen) atoms. The molecule has 1 aromatic carbocycles. The molecular weight excluding hydrogens is 576 g/mol. The summed E-state index contributed by atoms with van der Waals surface area (Å²) in [5, 5.41) is 22.6. The molecule has 3 amide bonds. The topological polar surface area (TPSA) is 135 Å². The summed E-state index contributed by atoms with van der Waals surface area (Å²) in [5.41, 5.74) is 3.14. The Hall–Kier alpha value is -2.60. The van der Waals surface area contributed by atoms with Gasteiger partial charge in [-0.2, -0.15) is 4.83 Å². The third-order valence-electron chi connectivity index (χ3n) is 8.88. The van der Waals surface area contributed by atoms with Crippen molar-refractivity contribution in [3.05, 3.63) is 47.0 Å². The van der Waals surface area contributed by atoms with Crippen molar-refractivity contribution in [2.45, 2.75) is 110 Å². The van der Waals surface area contributed by atoms with Crippen LogP contribution in [0.25, 0.3) is 0 Å². The van der Waals surface area contributed by atoms with Gasteiger partial charge in [0.2, 0.25) is 11.8 Å². The maximum Gasteiger partial charge on any atom is 0.269 e. The maximum absolute atomic E-state index is 13.9. The molecule has 10 nitrogen and oxygen atoms in total. The second-order valence-electron chi connectivity index (χ2n) is 14.8. The number of benzene rings is 1. The van der Waals surface area contributed by atoms with Crippen LogP contribution in [0.2, 0.25) is 0 Å². The van der Waals surface area contributed by atoms with Crippen molar-refractivity contribution < 1.29 is 19.5 Å². The number of amides is 3. The predicted molar refractivity (Wildman–Crippen MR) is 175 cm³/mol. The molecule has 6 atom stereocenters. The summed E-state index contributed by atoms with van der Waals surface area (Å²) in [4.78, 5) is 45.3. The third kappa shape index (κ3) is 9.45. The van der Waals surface area contributed by atoms with Gasteiger partial charge in [-0.25, -0.2) is 0 Å². The lowest BCUT2D eigenvalue weighted by Crippen LogP contribution is -2.62. The molecule has 2 aliphatic heterocycles. The Balaban J connectivity index is 1.55. The van der Waals surface area contributed by atoms with Crippen molar-refractivity contribution in [1.82, 2.24) is 31.1 Å². The SMILES string of the molecule is CC(C)(C)NC(=O)[C@@H]1C[C@@H]2CCCCC2CN1C[C@@H](O)[C@H](Cc1ccccc1)NC(=O)[C@@H](NC(=O)C1=CSNN1)C(C)(C)C. The Morgan fingerprint density at radius 1 is 1.02 bits per heavy atom. The number of hydrogen-bond donors (Lipinski definition) is 6. The second-order valence-corrected chi connectivity index (χ2v) is 15.4. The number of nitrogens with one attached hydrogen (secondary N) is 5. The van der Waals surface area contributed by atoms with E-state index in [1.807, 2.05) is 71.9 Å². The summed E-state index contributed by atoms with van der Waals surface area (Å²) in [6.07, 6.45) is 4.94. The number of fused-ring (bicyclic) bond motifs is 1. The number of hydrazine groups is 1. The highest BCUT2D eigenvalue weighted by atomic mass is 32.2. The van der Waals surface area contributed by atoms with Gasteiger partial charge in [0, 0.05) is 24.0 Å². The van der Waals surface area contributed by atoms with Crippen LogP contribution in [0.4, 0.5) is 0 Å². The zero-order valence-electron chi connectivity index (χ0n) is 27.1. The van der Waals surface area contributed by atoms with Gasteiger partial charge in [0.1, 0.15) is 11.7 Å². The van der Waals surface area contributed by atoms with E-state index in [0.29, 0.717) is 24.0 Å². The highest BCUT2D eigenvalue weighted by Gasteiger charge is 2.42. The number of nitrogens with zero attached hydrogens (tertiary/aromatic N) is 1. The van der Waals surface area contributed by atoms with Gasteiger partial charge >= 0.3 is 0 Å². The number of hydrogen-bond acceptors (Lipinski definition) is 8. The van der Waals surface area contributed by atoms with Gasteiger partial charge in [-0.3, -0.25) is 19.3 Å². The molecule has 3 aliphatic rings. The fraction of sp³-hybridized carbons (Fsp3) is 0.667. The molecule has 0 bridgehead atoms. The summed E-state index contributed by atoms with van der Waals surface area (Å²) in [7, 11) is 0. The smallest absolute Gasteiger partial charge is 0.269 e. The highest BCUT2D eigenvalue weighted by Crippen LogP contribution is 2.39. The lowest BCUT2D eigenvalue weighted by molar-refractivity contribution is -0.134. The number of aliphatic hydroxyl groups is 1. The molecule has 1 aromatic rings. The van der Waals surface area contributed by atoms with Crippen LogP contribution in [0.1, 0.15) is 79.2 Å². The Kier molecular flexibility index (Phi) is 11.4. The zero-order valence-corrected chi connectivity index (χ0v) is 27.9. The molecular formula is C33H52N6O4S. The molecule has 1 saturated carbocycles. The van der Waals surface area contributed by atoms with E-state index in [1.54, 1.807) is 5.41 Å². The van der Waals surface area contributed by atoms with Crippen molar-refractivity contribution in [3.63, 3.8) is 0 Å². The van der Waals surface area contributed by atoms with Crippen molar-refractivity contribution >= 4 is 29.7 Å². The molecule has 1 saturated heterocycles. The van der Waals surface area contributed by atoms with Crippen LogP contribution in [-0.2, 0) is 20.8 Å². The summed E-state index contributed by atoms with van der Waals surface area (Å²) >= 11 is 1.25. The highest BCUT2D eigenvalue weighted by molar-refractivity contribution is 8.00. The Bertz CT molecular complexity index is 1180. The largest absolute Gasteiger partial charge is 0.390 e. The number of aliphatic hydroxyl groups excluding tert-OH is 1. The average Bonchev–Trinajstić information content (AvgIpc) is 3.49. The summed E-state index contributed by atoms with van der Waals surface area (Å²) < 4.78 is 0. The molecule has 0 spiro atoms. The molecule has 0 aromatic heterocycles. The Morgan fingerprint density at radius 2 is 1.70 bits per heavy atom. The molecule has 2 heterocycles. The van der Waals surface area contributed by atoms with E-state index in [0.717, 1.165) is 31.4 Å². The number of likely N-dealkylation sites (tertiary alicyclic amines) is 1. The van der Waals surface area contributed by atoms with Crippen LogP contribution in [-0.4, -0.2) is 70.6 Å². The van der Waals surface area contributed by atoms with E-state index < -0.39 is 23.6 Å². The minimum absolute atomic E-state index is 0.00430. The molecule has 2 fully saturated rings. The van der Waals surface area contributed by atoms with Crippen LogP contribution in [0, 0.1) is 17.3 Å². The molecule has 4 rings (SSSR count). The van der Waals surface area contributed by atoms with Crippen molar-refractivity contribution in [2.24, 2.45) is 17.3 Å². The summed E-state index contributed by atoms with van der Waals surface area (Å²) in [6.45, 7) is 12.7. The lowest BCUT2D eigenvalue weighted by Gasteiger charge is -2.47. The average molecular weight is 629 g/mol. The predicted octanol–water partition coefficient (Wildman–Crippen LogP) is 3.00. The first-order valence-corrected chi connectivity index (χ1v) is 16.9. The first kappa shape index (κ1) is 34.3. The van der Waals surface area contributed by atoms with E-state index in [1.165, 1.54) is 24.8 Å². The van der Waals surface area contributed by atoms with Crippen molar-refractivity contribution in [2.75, 3.05) is 13.1 Å². The number of β-amino-alcohol motifs (C(OH)–C–C–N with tert-alkyl or cyclic N) is 1. The summed E-state index contributed by atoms with van der Waals surface area (Å²) in [5.74, 6) is 0.263. The number of carbonyl (C=O) groups excluding carboxylic acids is 3. The van der Waals surface area contributed by atoms with Crippen LogP contribution in [0.3, 0.4) is 0 Å². The van der Waals surface area contributed by atoms with Crippen LogP contribution in [0.15, 0.2) is 41.4 Å². The van der Waals surface area contributed by atoms with Crippen LogP contribution < -0.4 is 26.2 Å². The van der Waals surface area contributed by atoms with Gasteiger partial charge in [0.25, 0.3) is 5.91 Å². The Morgan fingerprint density at radius 3 is 2.32 bits per heavy atom. The molecule has 0 radical (unpaired) electrons. The fourth-order valence-electron chi connectivity index (χ4n) is 6.61. The van der Waals surface area contributed by atoms with E-state index >= 15 is 0 Å². The minimum Gasteiger partial charge on any atom is -0.390 e. The molecule has 244 valence electrons. The maximum atomic E-state index is 13.9. The van der Waals surface area contributed by atoms with Gasteiger partial charge in [-0.15, -0.1) is 0 Å². The Labute approximate surface area is 267 Å². The zero-order chi connectivity index (χ0) is 32.1. The molecule has 1 aliphatic carbocycles. The van der Waals surface area contributed by atoms with E-state index in [-0.39, 0.29) is 35.8 Å². The van der Waals surface area contributed by atoms with Gasteiger partial charge < -0.3 is 26.5 Å². The normalized spacial score (nSPS) is 24.6. The van der Waals surface area contributed by atoms with Gasteiger partial charge in [-0.1, -0.05) is 70.4 Å². The van der Waals surface area contributed by atoms with Crippen molar-refractivity contribution in [3.8, 4) is 0 Å². The number of rotatable bonds is 10. The quantitative estimate of drug-likeness (QED) is 0.218. The van der Waals surface area contributed by atoms with Gasteiger partial charge in [-0.05, 0) is 74.8 Å². The first-order valence-electron chi connectivity index (χ1n) is 16.0. The molecule has 6 N–H and O–H groups in total. The first-order chi connectivity index (χ1) is 20.7. The van der Waals surface area contributed by atoms with Gasteiger partial charge in [0.15, 0.2) is 0 Å². The molecule has 11 heteroatoms. The third-order valence-corrected chi connectivity index (χ3v) is 9.46. The van der Waals surface area contributed by atoms with Crippen LogP contribution in [0.5, 0.6) is 0 Å². The van der Waals surface area contributed by atoms with E-state index in [2.05, 4.69) is 31.1 Å². The second kappa shape index (κ2) is 14.7. The number of piperidine rings is 1. The molecule has 1 unspecified atom stereocenters. The fourth-order valence-corrected chi connectivity index (χ4v) is 7.12. The van der Waals surface area contributed by atoms with Crippen LogP contribution >= 0.6 is 11.9 Å². The van der Waals surface area contributed by atoms with Crippen molar-refractivity contribution in [1.29, 1.82) is 0 Å². The van der Waals surface area contributed by atoms with E-state index in [4.69, 9.17) is 0 Å². The van der Waals surface area contributed by atoms with Gasteiger partial charge in [0.05, 0.1) is 18.2 Å². The van der Waals surface area contributed by atoms with E-state index in [9.17, 15) is 19.5 Å². The summed E-state index contributed by atoms with van der Waals surface area (Å²) in [6, 6.07) is 7.94. The number of carbonyl (C=O) groups is 3. The monoisotopic (exact) mass is 628 g/mol. The lowest BCUT2D eigenvalue weighted by atomic mass is 9.72. The minimum atomic E-state index is -0.944. The standard InChI is InChI=1S/C33H52N6O4S/c1-32(2,3)28(35-29(41)25-20-44-38-37-25)31(43)34-24(16-21-12-8-7-9-13-21)27(40)19-39-18-23-15-11-10-14-22(23)17-26(39)30(42)36-33(4,5)6/h7-9,12-13,20,22-24,26-28,37-38,40H,10-11,14-19H2,1-6H3,(H,34,43)(H,35,41)(H,36,42)/t22-,23?,24-,26-,27+,28+/m0/s1.